The van der Waals surface area contributed by atoms with E-state index in [1.807, 2.05) is 13.8 Å². The second-order valence-electron chi connectivity index (χ2n) is 5.11. The van der Waals surface area contributed by atoms with Crippen molar-refractivity contribution < 1.29 is 18.7 Å². The summed E-state index contributed by atoms with van der Waals surface area (Å²) in [6.07, 6.45) is 0.555. The first-order valence-corrected chi connectivity index (χ1v) is 6.79. The first-order chi connectivity index (χ1) is 9.93. The summed E-state index contributed by atoms with van der Waals surface area (Å²) in [5, 5.41) is 5.28. The number of rotatable bonds is 7. The zero-order valence-electron chi connectivity index (χ0n) is 12.5. The van der Waals surface area contributed by atoms with E-state index in [9.17, 15) is 14.0 Å². The highest BCUT2D eigenvalue weighted by Crippen LogP contribution is 2.12. The predicted molar refractivity (Wildman–Crippen MR) is 78.3 cm³/mol. The third kappa shape index (κ3) is 5.91. The van der Waals surface area contributed by atoms with Crippen molar-refractivity contribution in [3.05, 3.63) is 30.1 Å². The number of anilines is 1. The lowest BCUT2D eigenvalue weighted by Crippen LogP contribution is -2.42. The van der Waals surface area contributed by atoms with Gasteiger partial charge in [-0.05, 0) is 24.5 Å². The molecule has 0 radical (unpaired) electrons. The second kappa shape index (κ2) is 8.36. The van der Waals surface area contributed by atoms with Crippen LogP contribution in [0.15, 0.2) is 24.3 Å². The van der Waals surface area contributed by atoms with Crippen LogP contribution in [0.5, 0.6) is 0 Å². The largest absolute Gasteiger partial charge is 0.468 e. The minimum atomic E-state index is -0.554. The van der Waals surface area contributed by atoms with Gasteiger partial charge in [0.15, 0.2) is 0 Å². The van der Waals surface area contributed by atoms with Gasteiger partial charge in [0.1, 0.15) is 11.9 Å². The Morgan fingerprint density at radius 2 is 1.95 bits per heavy atom. The van der Waals surface area contributed by atoms with Crippen LogP contribution < -0.4 is 10.6 Å². The molecule has 1 atom stereocenters. The summed E-state index contributed by atoms with van der Waals surface area (Å²) in [4.78, 5) is 23.4. The lowest BCUT2D eigenvalue weighted by atomic mass is 10.0. The van der Waals surface area contributed by atoms with Crippen LogP contribution in [0.2, 0.25) is 0 Å². The van der Waals surface area contributed by atoms with E-state index in [4.69, 9.17) is 0 Å². The number of amides is 1. The zero-order valence-corrected chi connectivity index (χ0v) is 12.5. The van der Waals surface area contributed by atoms with Gasteiger partial charge in [-0.2, -0.15) is 0 Å². The average Bonchev–Trinajstić information content (AvgIpc) is 2.44. The number of halogens is 1. The van der Waals surface area contributed by atoms with Crippen molar-refractivity contribution in [1.82, 2.24) is 5.32 Å². The van der Waals surface area contributed by atoms with Crippen LogP contribution >= 0.6 is 0 Å². The number of esters is 1. The highest BCUT2D eigenvalue weighted by molar-refractivity contribution is 5.92. The molecule has 0 spiro atoms. The normalized spacial score (nSPS) is 12.0. The number of carbonyl (C=O) groups excluding carboxylic acids is 2. The third-order valence-corrected chi connectivity index (χ3v) is 2.85. The van der Waals surface area contributed by atoms with Gasteiger partial charge in [-0.1, -0.05) is 26.0 Å². The van der Waals surface area contributed by atoms with Crippen LogP contribution in [-0.2, 0) is 14.3 Å². The number of ether oxygens (including phenoxy) is 1. The molecule has 0 saturated carbocycles. The molecule has 0 aliphatic heterocycles. The number of hydrogen-bond acceptors (Lipinski definition) is 4. The molecule has 0 fully saturated rings. The quantitative estimate of drug-likeness (QED) is 0.755. The number of methoxy groups -OCH3 is 1. The van der Waals surface area contributed by atoms with Gasteiger partial charge < -0.3 is 10.1 Å². The number of benzene rings is 1. The van der Waals surface area contributed by atoms with Crippen LogP contribution in [0.1, 0.15) is 20.3 Å². The van der Waals surface area contributed by atoms with Gasteiger partial charge in [-0.15, -0.1) is 0 Å². The first-order valence-electron chi connectivity index (χ1n) is 6.79. The van der Waals surface area contributed by atoms with Crippen LogP contribution in [0, 0.1) is 11.7 Å². The fourth-order valence-corrected chi connectivity index (χ4v) is 1.85. The smallest absolute Gasteiger partial charge is 0.322 e. The van der Waals surface area contributed by atoms with Crippen molar-refractivity contribution in [1.29, 1.82) is 0 Å². The Hall–Kier alpha value is -1.95. The molecule has 5 nitrogen and oxygen atoms in total. The van der Waals surface area contributed by atoms with E-state index in [1.54, 1.807) is 12.1 Å². The van der Waals surface area contributed by atoms with Gasteiger partial charge in [0.2, 0.25) is 5.91 Å². The molecule has 1 unspecified atom stereocenters. The maximum Gasteiger partial charge on any atom is 0.322 e. The Labute approximate surface area is 123 Å². The Kier molecular flexibility index (Phi) is 6.81. The maximum absolute atomic E-state index is 13.4. The van der Waals surface area contributed by atoms with Gasteiger partial charge >= 0.3 is 5.97 Å². The Morgan fingerprint density at radius 3 is 2.52 bits per heavy atom. The minimum absolute atomic E-state index is 0.0964. The molecule has 1 aromatic rings. The summed E-state index contributed by atoms with van der Waals surface area (Å²) in [5.74, 6) is -1.06. The molecule has 6 heteroatoms. The molecule has 0 aromatic heterocycles. The monoisotopic (exact) mass is 296 g/mol. The molecule has 0 aliphatic rings. The van der Waals surface area contributed by atoms with Gasteiger partial charge in [0, 0.05) is 0 Å². The Balaban J connectivity index is 2.53. The van der Waals surface area contributed by atoms with E-state index in [0.717, 1.165) is 0 Å². The Bertz CT molecular complexity index is 492. The lowest BCUT2D eigenvalue weighted by molar-refractivity contribution is -0.143. The summed E-state index contributed by atoms with van der Waals surface area (Å²) in [6, 6.07) is 5.35. The van der Waals surface area contributed by atoms with Crippen LogP contribution in [0.3, 0.4) is 0 Å². The molecule has 0 aliphatic carbocycles. The molecular formula is C15H21FN2O3. The van der Waals surface area contributed by atoms with E-state index >= 15 is 0 Å². The lowest BCUT2D eigenvalue weighted by Gasteiger charge is -2.18. The summed E-state index contributed by atoms with van der Waals surface area (Å²) < 4.78 is 18.1. The molecule has 116 valence electrons. The van der Waals surface area contributed by atoms with Crippen molar-refractivity contribution in [2.45, 2.75) is 26.3 Å². The summed E-state index contributed by atoms with van der Waals surface area (Å²) in [7, 11) is 1.30. The molecule has 0 saturated heterocycles. The molecule has 0 heterocycles. The number of nitrogens with one attached hydrogen (secondary N) is 2. The SMILES string of the molecule is COC(=O)C(CC(C)C)NCC(=O)Nc1ccccc1F. The maximum atomic E-state index is 13.4. The van der Waals surface area contributed by atoms with Crippen molar-refractivity contribution in [2.24, 2.45) is 5.92 Å². The molecule has 0 bridgehead atoms. The van der Waals surface area contributed by atoms with Crippen molar-refractivity contribution in [3.63, 3.8) is 0 Å². The van der Waals surface area contributed by atoms with Crippen LogP contribution in [-0.4, -0.2) is 31.6 Å². The summed E-state index contributed by atoms with van der Waals surface area (Å²) in [6.45, 7) is 3.84. The number of carbonyl (C=O) groups is 2. The number of para-hydroxylation sites is 1. The van der Waals surface area contributed by atoms with E-state index in [0.29, 0.717) is 6.42 Å². The van der Waals surface area contributed by atoms with E-state index in [2.05, 4.69) is 15.4 Å². The summed E-state index contributed by atoms with van der Waals surface area (Å²) in [5.41, 5.74) is 0.114. The summed E-state index contributed by atoms with van der Waals surface area (Å²) >= 11 is 0. The van der Waals surface area contributed by atoms with Gasteiger partial charge in [0.25, 0.3) is 0 Å². The van der Waals surface area contributed by atoms with E-state index in [1.165, 1.54) is 19.2 Å². The van der Waals surface area contributed by atoms with E-state index in [-0.39, 0.29) is 18.2 Å². The van der Waals surface area contributed by atoms with Gasteiger partial charge in [-0.3, -0.25) is 14.9 Å². The zero-order chi connectivity index (χ0) is 15.8. The molecule has 1 amide bonds. The minimum Gasteiger partial charge on any atom is -0.468 e. The fourth-order valence-electron chi connectivity index (χ4n) is 1.85. The molecule has 1 aromatic carbocycles. The molecule has 2 N–H and O–H groups in total. The fraction of sp³-hybridized carbons (Fsp3) is 0.467. The van der Waals surface area contributed by atoms with Crippen molar-refractivity contribution in [2.75, 3.05) is 19.0 Å². The standard InChI is InChI=1S/C15H21FN2O3/c1-10(2)8-13(15(20)21-3)17-9-14(19)18-12-7-5-4-6-11(12)16/h4-7,10,13,17H,8-9H2,1-3H3,(H,18,19). The first kappa shape index (κ1) is 17.1. The number of hydrogen-bond donors (Lipinski definition) is 2. The topological polar surface area (TPSA) is 67.4 Å². The second-order valence-corrected chi connectivity index (χ2v) is 5.11. The van der Waals surface area contributed by atoms with Crippen molar-refractivity contribution in [3.8, 4) is 0 Å². The van der Waals surface area contributed by atoms with E-state index < -0.39 is 23.7 Å². The third-order valence-electron chi connectivity index (χ3n) is 2.85. The highest BCUT2D eigenvalue weighted by atomic mass is 19.1. The van der Waals surface area contributed by atoms with Gasteiger partial charge in [-0.25, -0.2) is 4.39 Å². The van der Waals surface area contributed by atoms with Gasteiger partial charge in [0.05, 0.1) is 19.3 Å². The van der Waals surface area contributed by atoms with Crippen LogP contribution in [0.25, 0.3) is 0 Å². The predicted octanol–water partition coefficient (Wildman–Crippen LogP) is 1.94. The van der Waals surface area contributed by atoms with Crippen molar-refractivity contribution >= 4 is 17.6 Å². The Morgan fingerprint density at radius 1 is 1.29 bits per heavy atom. The molecule has 1 rings (SSSR count). The highest BCUT2D eigenvalue weighted by Gasteiger charge is 2.20. The van der Waals surface area contributed by atoms with Crippen LogP contribution in [0.4, 0.5) is 10.1 Å². The average molecular weight is 296 g/mol. The molecule has 21 heavy (non-hydrogen) atoms. The molecular weight excluding hydrogens is 275 g/mol.